The number of nitrogens with two attached hydrogens (primary N) is 2. The Morgan fingerprint density at radius 1 is 1.09 bits per heavy atom. The van der Waals surface area contributed by atoms with Gasteiger partial charge in [0.25, 0.3) is 11.6 Å². The predicted molar refractivity (Wildman–Crippen MR) is 134 cm³/mol. The van der Waals surface area contributed by atoms with Gasteiger partial charge in [0, 0.05) is 17.7 Å². The number of nitro groups is 1. The maximum Gasteiger partial charge on any atom is 0.279 e. The van der Waals surface area contributed by atoms with E-state index in [1.165, 1.54) is 47.4 Å². The van der Waals surface area contributed by atoms with Crippen LogP contribution in [0, 0.1) is 10.1 Å². The number of amides is 1. The number of nitrogens with zero attached hydrogens (tertiary/aromatic N) is 4. The molecular weight excluding hydrogens is 492 g/mol. The van der Waals surface area contributed by atoms with E-state index in [0.717, 1.165) is 10.6 Å². The number of anilines is 2. The summed E-state index contributed by atoms with van der Waals surface area (Å²) in [6.07, 6.45) is 0. The van der Waals surface area contributed by atoms with Crippen LogP contribution in [0.4, 0.5) is 17.1 Å². The van der Waals surface area contributed by atoms with Crippen LogP contribution >= 0.6 is 12.2 Å². The minimum atomic E-state index is -3.93. The molecule has 0 saturated heterocycles. The number of hydrazone groups is 1. The van der Waals surface area contributed by atoms with Gasteiger partial charge in [-0.15, -0.1) is 0 Å². The first-order valence-corrected chi connectivity index (χ1v) is 12.0. The first-order valence-electron chi connectivity index (χ1n) is 10.0. The van der Waals surface area contributed by atoms with Gasteiger partial charge in [-0.3, -0.25) is 14.9 Å². The third kappa shape index (κ3) is 4.87. The fourth-order valence-electron chi connectivity index (χ4n) is 3.55. The summed E-state index contributed by atoms with van der Waals surface area (Å²) in [7, 11) is -3.93. The summed E-state index contributed by atoms with van der Waals surface area (Å²) in [5.74, 6) is -0.508. The summed E-state index contributed by atoms with van der Waals surface area (Å²) >= 11 is 5.10. The van der Waals surface area contributed by atoms with Crippen LogP contribution in [0.15, 0.2) is 82.8 Å². The van der Waals surface area contributed by atoms with E-state index in [0.29, 0.717) is 5.69 Å². The van der Waals surface area contributed by atoms with Crippen molar-refractivity contribution in [2.24, 2.45) is 16.0 Å². The molecule has 0 atom stereocenters. The Labute approximate surface area is 205 Å². The molecule has 0 radical (unpaired) electrons. The molecule has 0 unspecified atom stereocenters. The Balaban J connectivity index is 1.81. The van der Waals surface area contributed by atoms with Crippen LogP contribution in [0.3, 0.4) is 0 Å². The number of fused-ring (bicyclic) bond motifs is 1. The summed E-state index contributed by atoms with van der Waals surface area (Å²) in [4.78, 5) is 25.6. The average molecular weight is 511 g/mol. The van der Waals surface area contributed by atoms with Crippen LogP contribution in [-0.4, -0.2) is 30.1 Å². The van der Waals surface area contributed by atoms with E-state index in [1.807, 2.05) is 30.3 Å². The molecule has 0 fully saturated rings. The number of sulfonamides is 1. The van der Waals surface area contributed by atoms with Crippen molar-refractivity contribution in [2.45, 2.75) is 11.4 Å². The quantitative estimate of drug-likeness (QED) is 0.289. The molecule has 1 aliphatic rings. The smallest absolute Gasteiger partial charge is 0.279 e. The summed E-state index contributed by atoms with van der Waals surface area (Å²) in [6.45, 7) is 0.208. The minimum absolute atomic E-state index is 0.108. The van der Waals surface area contributed by atoms with Gasteiger partial charge in [0.05, 0.1) is 27.7 Å². The molecular formula is C22H18N6O5S2. The molecule has 0 aliphatic carbocycles. The number of benzene rings is 3. The molecule has 3 aromatic carbocycles. The van der Waals surface area contributed by atoms with Gasteiger partial charge < -0.3 is 10.6 Å². The Kier molecular flexibility index (Phi) is 6.30. The van der Waals surface area contributed by atoms with E-state index < -0.39 is 20.9 Å². The maximum absolute atomic E-state index is 13.4. The van der Waals surface area contributed by atoms with Gasteiger partial charge in [-0.1, -0.05) is 30.3 Å². The van der Waals surface area contributed by atoms with Gasteiger partial charge in [-0.25, -0.2) is 18.6 Å². The Morgan fingerprint density at radius 2 is 1.74 bits per heavy atom. The second-order valence-electron chi connectivity index (χ2n) is 7.47. The number of rotatable bonds is 6. The lowest BCUT2D eigenvalue weighted by atomic mass is 10.1. The normalized spacial score (nSPS) is 14.1. The van der Waals surface area contributed by atoms with E-state index in [9.17, 15) is 23.3 Å². The summed E-state index contributed by atoms with van der Waals surface area (Å²) in [5.41, 5.74) is 7.31. The van der Waals surface area contributed by atoms with Gasteiger partial charge >= 0.3 is 0 Å². The maximum atomic E-state index is 13.4. The van der Waals surface area contributed by atoms with E-state index in [4.69, 9.17) is 23.1 Å². The second-order valence-corrected chi connectivity index (χ2v) is 9.45. The van der Waals surface area contributed by atoms with Crippen LogP contribution in [0.1, 0.15) is 11.1 Å². The summed E-state index contributed by atoms with van der Waals surface area (Å²) in [6, 6.07) is 18.5. The molecule has 4 N–H and O–H groups in total. The van der Waals surface area contributed by atoms with Crippen LogP contribution in [0.5, 0.6) is 0 Å². The highest BCUT2D eigenvalue weighted by Crippen LogP contribution is 2.34. The van der Waals surface area contributed by atoms with Crippen LogP contribution in [0.25, 0.3) is 0 Å². The number of carbonyl (C=O) groups excluding carboxylic acids is 1. The second kappa shape index (κ2) is 9.21. The lowest BCUT2D eigenvalue weighted by Gasteiger charge is -2.19. The molecule has 0 bridgehead atoms. The molecule has 0 aromatic heterocycles. The van der Waals surface area contributed by atoms with Gasteiger partial charge in [-0.05, 0) is 48.1 Å². The number of nitro benzene ring substituents is 1. The van der Waals surface area contributed by atoms with Gasteiger partial charge in [0.2, 0.25) is 10.0 Å². The predicted octanol–water partition coefficient (Wildman–Crippen LogP) is 2.24. The highest BCUT2D eigenvalue weighted by Gasteiger charge is 2.36. The number of non-ortho nitro benzene ring substituents is 1. The zero-order valence-corrected chi connectivity index (χ0v) is 19.6. The number of primary sulfonamides is 1. The number of hydrogen-bond donors (Lipinski definition) is 2. The molecule has 35 heavy (non-hydrogen) atoms. The number of carbonyl (C=O) groups is 1. The zero-order valence-electron chi connectivity index (χ0n) is 17.9. The van der Waals surface area contributed by atoms with Crippen molar-refractivity contribution in [3.05, 3.63) is 94.0 Å². The summed E-state index contributed by atoms with van der Waals surface area (Å²) < 4.78 is 23.1. The van der Waals surface area contributed by atoms with Crippen molar-refractivity contribution in [1.29, 1.82) is 0 Å². The van der Waals surface area contributed by atoms with Crippen molar-refractivity contribution in [2.75, 3.05) is 9.91 Å². The molecule has 1 heterocycles. The van der Waals surface area contributed by atoms with E-state index in [1.54, 1.807) is 0 Å². The van der Waals surface area contributed by atoms with Crippen molar-refractivity contribution < 1.29 is 18.1 Å². The first kappa shape index (κ1) is 23.9. The van der Waals surface area contributed by atoms with Crippen molar-refractivity contribution >= 4 is 56.0 Å². The topological polar surface area (TPSA) is 165 Å². The Bertz CT molecular complexity index is 1470. The molecule has 11 nitrogen and oxygen atoms in total. The van der Waals surface area contributed by atoms with Gasteiger partial charge in [0.15, 0.2) is 10.8 Å². The summed E-state index contributed by atoms with van der Waals surface area (Å²) in [5, 5.41) is 21.7. The van der Waals surface area contributed by atoms with Gasteiger partial charge in [0.1, 0.15) is 0 Å². The van der Waals surface area contributed by atoms with Crippen molar-refractivity contribution in [1.82, 2.24) is 0 Å². The van der Waals surface area contributed by atoms with E-state index >= 15 is 0 Å². The molecule has 1 amide bonds. The highest BCUT2D eigenvalue weighted by atomic mass is 32.2. The minimum Gasteiger partial charge on any atom is -0.374 e. The SMILES string of the molecule is NC(=S)N(/N=C1\C(=O)N(Cc2ccccc2)c2ccc([N+](=O)[O-])cc21)c1ccc(S(N)(=O)=O)cc1. The Morgan fingerprint density at radius 3 is 2.31 bits per heavy atom. The van der Waals surface area contributed by atoms with Crippen LogP contribution in [0.2, 0.25) is 0 Å². The first-order chi connectivity index (χ1) is 16.6. The fourth-order valence-corrected chi connectivity index (χ4v) is 4.21. The average Bonchev–Trinajstić information content (AvgIpc) is 3.07. The van der Waals surface area contributed by atoms with E-state index in [2.05, 4.69) is 5.10 Å². The van der Waals surface area contributed by atoms with Crippen molar-refractivity contribution in [3.8, 4) is 0 Å². The third-order valence-corrected chi connectivity index (χ3v) is 6.29. The standard InChI is InChI=1S/C22H18N6O5S2/c23-22(34)27(15-6-9-17(10-7-15)35(24,32)33)25-20-18-12-16(28(30)31)8-11-19(18)26(21(20)29)13-14-4-2-1-3-5-14/h1-12H,13H2,(H2,23,34)(H2,24,32,33)/b25-20-. The van der Waals surface area contributed by atoms with Crippen LogP contribution in [-0.2, 0) is 21.4 Å². The lowest BCUT2D eigenvalue weighted by Crippen LogP contribution is -2.35. The monoisotopic (exact) mass is 510 g/mol. The largest absolute Gasteiger partial charge is 0.374 e. The molecule has 1 aliphatic heterocycles. The Hall–Kier alpha value is -4.20. The molecule has 0 saturated carbocycles. The van der Waals surface area contributed by atoms with Crippen molar-refractivity contribution in [3.63, 3.8) is 0 Å². The van der Waals surface area contributed by atoms with Gasteiger partial charge in [-0.2, -0.15) is 5.10 Å². The molecule has 3 aromatic rings. The zero-order chi connectivity index (χ0) is 25.3. The molecule has 13 heteroatoms. The highest BCUT2D eigenvalue weighted by molar-refractivity contribution is 7.89. The molecule has 4 rings (SSSR count). The third-order valence-electron chi connectivity index (χ3n) is 5.19. The van der Waals surface area contributed by atoms with Crippen LogP contribution < -0.4 is 20.8 Å². The van der Waals surface area contributed by atoms with E-state index in [-0.39, 0.29) is 39.2 Å². The molecule has 178 valence electrons. The lowest BCUT2D eigenvalue weighted by molar-refractivity contribution is -0.384. The number of thiocarbonyl (C=S) groups is 1. The fraction of sp³-hybridized carbons (Fsp3) is 0.0455. The number of hydrogen-bond acceptors (Lipinski definition) is 7. The molecule has 0 spiro atoms.